The van der Waals surface area contributed by atoms with Crippen LogP contribution in [0.1, 0.15) is 35.9 Å². The number of hydrogen-bond donors (Lipinski definition) is 1. The summed E-state index contributed by atoms with van der Waals surface area (Å²) in [4.78, 5) is 11.3. The van der Waals surface area contributed by atoms with Gasteiger partial charge in [0.15, 0.2) is 5.69 Å². The fourth-order valence-corrected chi connectivity index (χ4v) is 3.18. The summed E-state index contributed by atoms with van der Waals surface area (Å²) in [5, 5.41) is 13.5. The highest BCUT2D eigenvalue weighted by molar-refractivity contribution is 14.1. The molecule has 2 rings (SSSR count). The SMILES string of the molecule is COc1cccc(-n2nc(C(=O)O)c(I)c2C(C)C)c1. The monoisotopic (exact) mass is 386 g/mol. The van der Waals surface area contributed by atoms with Crippen molar-refractivity contribution in [1.82, 2.24) is 9.78 Å². The molecule has 0 unspecified atom stereocenters. The second kappa shape index (κ2) is 5.82. The quantitative estimate of drug-likeness (QED) is 0.820. The molecular weight excluding hydrogens is 371 g/mol. The number of methoxy groups -OCH3 is 1. The third-order valence-corrected chi connectivity index (χ3v) is 3.97. The van der Waals surface area contributed by atoms with E-state index in [2.05, 4.69) is 5.10 Å². The lowest BCUT2D eigenvalue weighted by molar-refractivity contribution is 0.0689. The minimum atomic E-state index is -1.02. The molecule has 1 aromatic carbocycles. The Hall–Kier alpha value is -1.57. The normalized spacial score (nSPS) is 10.8. The Morgan fingerprint density at radius 3 is 2.70 bits per heavy atom. The van der Waals surface area contributed by atoms with Crippen molar-refractivity contribution in [1.29, 1.82) is 0 Å². The van der Waals surface area contributed by atoms with Crippen molar-refractivity contribution in [2.45, 2.75) is 19.8 Å². The summed E-state index contributed by atoms with van der Waals surface area (Å²) in [6.45, 7) is 4.03. The fraction of sp³-hybridized carbons (Fsp3) is 0.286. The third kappa shape index (κ3) is 2.65. The van der Waals surface area contributed by atoms with Gasteiger partial charge in [0.05, 0.1) is 22.1 Å². The van der Waals surface area contributed by atoms with Crippen molar-refractivity contribution in [2.24, 2.45) is 0 Å². The smallest absolute Gasteiger partial charge is 0.357 e. The number of benzene rings is 1. The standard InChI is InChI=1S/C14H15IN2O3/c1-8(2)13-11(15)12(14(18)19)16-17(13)9-5-4-6-10(7-9)20-3/h4-8H,1-3H3,(H,18,19). The molecule has 0 radical (unpaired) electrons. The first kappa shape index (κ1) is 14.8. The number of rotatable bonds is 4. The summed E-state index contributed by atoms with van der Waals surface area (Å²) in [6, 6.07) is 7.40. The predicted molar refractivity (Wildman–Crippen MR) is 83.9 cm³/mol. The summed E-state index contributed by atoms with van der Waals surface area (Å²) in [7, 11) is 1.60. The second-order valence-electron chi connectivity index (χ2n) is 4.62. The Morgan fingerprint density at radius 1 is 1.45 bits per heavy atom. The summed E-state index contributed by atoms with van der Waals surface area (Å²) in [6.07, 6.45) is 0. The van der Waals surface area contributed by atoms with Gasteiger partial charge in [-0.3, -0.25) is 0 Å². The first-order valence-corrected chi connectivity index (χ1v) is 7.19. The van der Waals surface area contributed by atoms with Crippen LogP contribution >= 0.6 is 22.6 Å². The zero-order valence-corrected chi connectivity index (χ0v) is 13.6. The van der Waals surface area contributed by atoms with Gasteiger partial charge in [-0.2, -0.15) is 5.10 Å². The van der Waals surface area contributed by atoms with Crippen LogP contribution in [0.2, 0.25) is 0 Å². The summed E-state index contributed by atoms with van der Waals surface area (Å²) in [5.41, 5.74) is 1.76. The first-order chi connectivity index (χ1) is 9.45. The van der Waals surface area contributed by atoms with Crippen LogP contribution in [-0.2, 0) is 0 Å². The van der Waals surface area contributed by atoms with E-state index >= 15 is 0 Å². The van der Waals surface area contributed by atoms with Crippen LogP contribution in [0.3, 0.4) is 0 Å². The number of ether oxygens (including phenoxy) is 1. The van der Waals surface area contributed by atoms with Crippen LogP contribution in [0.15, 0.2) is 24.3 Å². The molecule has 0 saturated heterocycles. The molecule has 0 aliphatic rings. The molecule has 1 N–H and O–H groups in total. The highest BCUT2D eigenvalue weighted by Gasteiger charge is 2.23. The van der Waals surface area contributed by atoms with Gasteiger partial charge in [0, 0.05) is 6.07 Å². The highest BCUT2D eigenvalue weighted by atomic mass is 127. The molecule has 0 aliphatic heterocycles. The number of carbonyl (C=O) groups is 1. The number of hydrogen-bond acceptors (Lipinski definition) is 3. The Kier molecular flexibility index (Phi) is 4.32. The first-order valence-electron chi connectivity index (χ1n) is 6.11. The van der Waals surface area contributed by atoms with E-state index in [4.69, 9.17) is 4.74 Å². The number of halogens is 1. The van der Waals surface area contributed by atoms with E-state index in [0.717, 1.165) is 11.4 Å². The molecule has 1 aromatic heterocycles. The molecule has 6 heteroatoms. The van der Waals surface area contributed by atoms with Gasteiger partial charge in [0.25, 0.3) is 0 Å². The maximum absolute atomic E-state index is 11.3. The van der Waals surface area contributed by atoms with Crippen LogP contribution < -0.4 is 4.74 Å². The molecule has 0 fully saturated rings. The van der Waals surface area contributed by atoms with Crippen molar-refractivity contribution >= 4 is 28.6 Å². The maximum atomic E-state index is 11.3. The summed E-state index contributed by atoms with van der Waals surface area (Å²) >= 11 is 2.04. The average molecular weight is 386 g/mol. The highest BCUT2D eigenvalue weighted by Crippen LogP contribution is 2.28. The van der Waals surface area contributed by atoms with Crippen LogP contribution in [0.4, 0.5) is 0 Å². The van der Waals surface area contributed by atoms with Crippen molar-refractivity contribution < 1.29 is 14.6 Å². The molecule has 0 amide bonds. The molecule has 0 bridgehead atoms. The molecule has 1 heterocycles. The molecular formula is C14H15IN2O3. The topological polar surface area (TPSA) is 64.4 Å². The molecule has 0 aliphatic carbocycles. The van der Waals surface area contributed by atoms with Gasteiger partial charge in [-0.15, -0.1) is 0 Å². The molecule has 0 saturated carbocycles. The van der Waals surface area contributed by atoms with Crippen molar-refractivity contribution in [3.8, 4) is 11.4 Å². The van der Waals surface area contributed by atoms with E-state index in [1.54, 1.807) is 11.8 Å². The number of aromatic nitrogens is 2. The lowest BCUT2D eigenvalue weighted by Gasteiger charge is -2.11. The minimum Gasteiger partial charge on any atom is -0.497 e. The Balaban J connectivity index is 2.66. The van der Waals surface area contributed by atoms with Crippen LogP contribution in [-0.4, -0.2) is 28.0 Å². The molecule has 0 atom stereocenters. The minimum absolute atomic E-state index is 0.0807. The Labute approximate surface area is 130 Å². The summed E-state index contributed by atoms with van der Waals surface area (Å²) in [5.74, 6) is -0.147. The van der Waals surface area contributed by atoms with Crippen molar-refractivity contribution in [3.63, 3.8) is 0 Å². The van der Waals surface area contributed by atoms with Crippen LogP contribution in [0.25, 0.3) is 5.69 Å². The molecule has 106 valence electrons. The zero-order valence-electron chi connectivity index (χ0n) is 11.4. The zero-order chi connectivity index (χ0) is 14.9. The predicted octanol–water partition coefficient (Wildman–Crippen LogP) is 3.31. The van der Waals surface area contributed by atoms with Crippen molar-refractivity contribution in [2.75, 3.05) is 7.11 Å². The largest absolute Gasteiger partial charge is 0.497 e. The number of carboxylic acids is 1. The average Bonchev–Trinajstić information content (AvgIpc) is 2.76. The molecule has 20 heavy (non-hydrogen) atoms. The molecule has 2 aromatic rings. The van der Waals surface area contributed by atoms with E-state index in [-0.39, 0.29) is 11.6 Å². The lowest BCUT2D eigenvalue weighted by Crippen LogP contribution is -2.05. The van der Waals surface area contributed by atoms with E-state index in [1.807, 2.05) is 60.7 Å². The number of carboxylic acid groups (broad SMARTS) is 1. The van der Waals surface area contributed by atoms with Crippen LogP contribution in [0, 0.1) is 3.57 Å². The molecule has 5 nitrogen and oxygen atoms in total. The van der Waals surface area contributed by atoms with Crippen molar-refractivity contribution in [3.05, 3.63) is 39.2 Å². The van der Waals surface area contributed by atoms with E-state index < -0.39 is 5.97 Å². The van der Waals surface area contributed by atoms with E-state index in [1.165, 1.54) is 0 Å². The maximum Gasteiger partial charge on any atom is 0.357 e. The van der Waals surface area contributed by atoms with Gasteiger partial charge in [0.1, 0.15) is 5.75 Å². The van der Waals surface area contributed by atoms with Gasteiger partial charge in [0.2, 0.25) is 0 Å². The number of nitrogens with zero attached hydrogens (tertiary/aromatic N) is 2. The third-order valence-electron chi connectivity index (χ3n) is 2.91. The second-order valence-corrected chi connectivity index (χ2v) is 5.70. The summed E-state index contributed by atoms with van der Waals surface area (Å²) < 4.78 is 7.55. The number of aromatic carboxylic acids is 1. The van der Waals surface area contributed by atoms with Gasteiger partial charge in [-0.05, 0) is 40.6 Å². The van der Waals surface area contributed by atoms with Gasteiger partial charge in [-0.25, -0.2) is 9.48 Å². The Morgan fingerprint density at radius 2 is 2.15 bits per heavy atom. The Bertz CT molecular complexity index is 650. The van der Waals surface area contributed by atoms with E-state index in [0.29, 0.717) is 9.32 Å². The van der Waals surface area contributed by atoms with Gasteiger partial charge < -0.3 is 9.84 Å². The van der Waals surface area contributed by atoms with E-state index in [9.17, 15) is 9.90 Å². The fourth-order valence-electron chi connectivity index (χ4n) is 1.99. The van der Waals surface area contributed by atoms with Crippen LogP contribution in [0.5, 0.6) is 5.75 Å². The molecule has 0 spiro atoms. The van der Waals surface area contributed by atoms with Gasteiger partial charge >= 0.3 is 5.97 Å². The lowest BCUT2D eigenvalue weighted by atomic mass is 10.1. The van der Waals surface area contributed by atoms with Gasteiger partial charge in [-0.1, -0.05) is 19.9 Å².